The van der Waals surface area contributed by atoms with E-state index in [2.05, 4.69) is 20.3 Å². The molecule has 0 spiro atoms. The number of fused-ring (bicyclic) bond motifs is 1. The summed E-state index contributed by atoms with van der Waals surface area (Å²) in [5.41, 5.74) is -0.466. The first kappa shape index (κ1) is 20.6. The number of aromatic nitrogens is 4. The van der Waals surface area contributed by atoms with Gasteiger partial charge in [-0.05, 0) is 0 Å². The zero-order chi connectivity index (χ0) is 20.6. The predicted octanol–water partition coefficient (Wildman–Crippen LogP) is 0.00710. The van der Waals surface area contributed by atoms with Gasteiger partial charge in [0, 0.05) is 11.8 Å². The zero-order valence-electron chi connectivity index (χ0n) is 15.4. The van der Waals surface area contributed by atoms with Crippen LogP contribution >= 0.6 is 8.25 Å². The molecule has 2 aromatic heterocycles. The Balaban J connectivity index is 2.04. The lowest BCUT2D eigenvalue weighted by Crippen LogP contribution is -2.27. The normalized spacial score (nSPS) is 26.1. The fraction of sp³-hybridized carbons (Fsp3) is 0.600. The van der Waals surface area contributed by atoms with Crippen molar-refractivity contribution in [1.82, 2.24) is 19.5 Å². The number of amides is 1. The summed E-state index contributed by atoms with van der Waals surface area (Å²) < 4.78 is 23.5. The van der Waals surface area contributed by atoms with Crippen molar-refractivity contribution in [2.45, 2.75) is 39.2 Å². The Morgan fingerprint density at radius 1 is 1.54 bits per heavy atom. The van der Waals surface area contributed by atoms with Crippen molar-refractivity contribution in [3.63, 3.8) is 0 Å². The minimum absolute atomic E-state index is 0.00153. The number of carbonyl (C=O) groups excluding carboxylic acids is 1. The van der Waals surface area contributed by atoms with Crippen LogP contribution in [0, 0.1) is 11.8 Å². The van der Waals surface area contributed by atoms with Crippen LogP contribution in [0.5, 0.6) is 0 Å². The van der Waals surface area contributed by atoms with Gasteiger partial charge in [-0.2, -0.15) is 4.98 Å². The lowest BCUT2D eigenvalue weighted by molar-refractivity contribution is -0.118. The second-order valence-corrected chi connectivity index (χ2v) is 7.61. The number of hydrogen-bond acceptors (Lipinski definition) is 8. The standard InChI is InChI=1S/C15H22N5O7P/c1-6(2)12(22)18-15-17-11-9(13(23)19-15)16-5-20(11)14-10(27-28(24)25)7(3)8(4-21)26-14/h5-8,10,14,21,28H,4H2,1-3H3,(H,24,25)(H2,17,18,19,22,23). The Labute approximate surface area is 159 Å². The Morgan fingerprint density at radius 3 is 2.86 bits per heavy atom. The maximum absolute atomic E-state index is 12.3. The first-order chi connectivity index (χ1) is 13.2. The van der Waals surface area contributed by atoms with E-state index in [1.54, 1.807) is 20.8 Å². The number of hydrogen-bond donors (Lipinski definition) is 4. The SMILES string of the molecule is CC(C)C(=O)Nc1nc2c(ncn2C2OC(CO)C(C)C2O[PH](=O)O)c(=O)[nH]1. The first-order valence-corrected chi connectivity index (χ1v) is 9.93. The van der Waals surface area contributed by atoms with Gasteiger partial charge in [-0.15, -0.1) is 0 Å². The van der Waals surface area contributed by atoms with E-state index in [0.717, 1.165) is 0 Å². The van der Waals surface area contributed by atoms with E-state index in [1.165, 1.54) is 10.9 Å². The lowest BCUT2D eigenvalue weighted by Gasteiger charge is -2.21. The highest BCUT2D eigenvalue weighted by Crippen LogP contribution is 2.40. The highest BCUT2D eigenvalue weighted by Gasteiger charge is 2.45. The highest BCUT2D eigenvalue weighted by molar-refractivity contribution is 7.32. The van der Waals surface area contributed by atoms with E-state index in [9.17, 15) is 24.2 Å². The second-order valence-electron chi connectivity index (χ2n) is 6.84. The fourth-order valence-corrected chi connectivity index (χ4v) is 3.56. The van der Waals surface area contributed by atoms with Crippen molar-refractivity contribution in [2.75, 3.05) is 11.9 Å². The Morgan fingerprint density at radius 2 is 2.25 bits per heavy atom. The lowest BCUT2D eigenvalue weighted by atomic mass is 10.0. The smallest absolute Gasteiger partial charge is 0.317 e. The summed E-state index contributed by atoms with van der Waals surface area (Å²) in [7, 11) is -3.29. The van der Waals surface area contributed by atoms with Gasteiger partial charge in [-0.1, -0.05) is 20.8 Å². The number of anilines is 1. The number of aliphatic hydroxyl groups excluding tert-OH is 1. The number of rotatable bonds is 6. The molecule has 0 bridgehead atoms. The summed E-state index contributed by atoms with van der Waals surface area (Å²) >= 11 is 0. The van der Waals surface area contributed by atoms with Gasteiger partial charge in [0.2, 0.25) is 11.9 Å². The number of nitrogens with zero attached hydrogens (tertiary/aromatic N) is 3. The van der Waals surface area contributed by atoms with Crippen molar-refractivity contribution in [1.29, 1.82) is 0 Å². The maximum Gasteiger partial charge on any atom is 0.317 e. The molecule has 13 heteroatoms. The zero-order valence-corrected chi connectivity index (χ0v) is 16.4. The molecular weight excluding hydrogens is 393 g/mol. The third kappa shape index (κ3) is 3.87. The van der Waals surface area contributed by atoms with Crippen molar-refractivity contribution in [3.8, 4) is 0 Å². The van der Waals surface area contributed by atoms with Crippen LogP contribution in [0.1, 0.15) is 27.0 Å². The Bertz CT molecular complexity index is 958. The van der Waals surface area contributed by atoms with Crippen molar-refractivity contribution in [2.24, 2.45) is 11.8 Å². The van der Waals surface area contributed by atoms with Crippen molar-refractivity contribution in [3.05, 3.63) is 16.7 Å². The third-order valence-corrected chi connectivity index (χ3v) is 5.06. The average Bonchev–Trinajstić information content (AvgIpc) is 3.16. The Kier molecular flexibility index (Phi) is 5.96. The molecule has 1 aliphatic rings. The number of aliphatic hydroxyl groups is 1. The molecule has 3 rings (SSSR count). The van der Waals surface area contributed by atoms with Gasteiger partial charge in [0.1, 0.15) is 6.10 Å². The molecule has 0 saturated carbocycles. The van der Waals surface area contributed by atoms with Crippen LogP contribution in [0.15, 0.2) is 11.1 Å². The number of carbonyl (C=O) groups is 1. The summed E-state index contributed by atoms with van der Waals surface area (Å²) in [6.07, 6.45) is -1.17. The van der Waals surface area contributed by atoms with Crippen LogP contribution in [0.4, 0.5) is 5.95 Å². The van der Waals surface area contributed by atoms with Gasteiger partial charge in [-0.25, -0.2) is 4.98 Å². The van der Waals surface area contributed by atoms with E-state index < -0.39 is 38.2 Å². The van der Waals surface area contributed by atoms with Crippen LogP contribution in [0.3, 0.4) is 0 Å². The number of imidazole rings is 1. The number of H-pyrrole nitrogens is 1. The molecule has 28 heavy (non-hydrogen) atoms. The largest absolute Gasteiger partial charge is 0.394 e. The second kappa shape index (κ2) is 8.10. The molecule has 1 saturated heterocycles. The van der Waals surface area contributed by atoms with E-state index in [4.69, 9.17) is 9.26 Å². The third-order valence-electron chi connectivity index (χ3n) is 4.59. The van der Waals surface area contributed by atoms with Gasteiger partial charge in [0.25, 0.3) is 5.56 Å². The minimum Gasteiger partial charge on any atom is -0.394 e. The molecule has 1 amide bonds. The summed E-state index contributed by atoms with van der Waals surface area (Å²) in [5.74, 6) is -1.12. The van der Waals surface area contributed by atoms with Gasteiger partial charge in [0.15, 0.2) is 17.4 Å². The molecule has 0 aromatic carbocycles. The molecule has 0 aliphatic carbocycles. The fourth-order valence-electron chi connectivity index (χ4n) is 3.00. The molecule has 1 fully saturated rings. The van der Waals surface area contributed by atoms with Crippen molar-refractivity contribution >= 4 is 31.3 Å². The minimum atomic E-state index is -3.29. The molecule has 12 nitrogen and oxygen atoms in total. The summed E-state index contributed by atoms with van der Waals surface area (Å²) in [5, 5.41) is 12.0. The van der Waals surface area contributed by atoms with Gasteiger partial charge in [-0.3, -0.25) is 29.0 Å². The molecule has 2 aromatic rings. The van der Waals surface area contributed by atoms with Crippen LogP contribution in [0.2, 0.25) is 0 Å². The number of nitrogens with one attached hydrogen (secondary N) is 2. The van der Waals surface area contributed by atoms with Gasteiger partial charge in [0.05, 0.1) is 19.0 Å². The summed E-state index contributed by atoms with van der Waals surface area (Å²) in [6.45, 7) is 4.78. The summed E-state index contributed by atoms with van der Waals surface area (Å²) in [4.78, 5) is 44.1. The molecule has 1 aliphatic heterocycles. The maximum atomic E-state index is 12.3. The van der Waals surface area contributed by atoms with E-state index >= 15 is 0 Å². The van der Waals surface area contributed by atoms with Gasteiger partial charge >= 0.3 is 8.25 Å². The van der Waals surface area contributed by atoms with E-state index in [-0.39, 0.29) is 35.5 Å². The van der Waals surface area contributed by atoms with Gasteiger partial charge < -0.3 is 19.3 Å². The monoisotopic (exact) mass is 415 g/mol. The topological polar surface area (TPSA) is 169 Å². The molecule has 5 unspecified atom stereocenters. The number of aromatic amines is 1. The van der Waals surface area contributed by atoms with Crippen molar-refractivity contribution < 1.29 is 28.6 Å². The number of ether oxygens (including phenoxy) is 1. The summed E-state index contributed by atoms with van der Waals surface area (Å²) in [6, 6.07) is 0. The van der Waals surface area contributed by atoms with Crippen LogP contribution in [-0.2, 0) is 18.6 Å². The van der Waals surface area contributed by atoms with Crippen LogP contribution in [-0.4, -0.2) is 54.2 Å². The molecule has 4 N–H and O–H groups in total. The molecule has 5 atom stereocenters. The van der Waals surface area contributed by atoms with Crippen LogP contribution in [0.25, 0.3) is 11.2 Å². The quantitative estimate of drug-likeness (QED) is 0.475. The first-order valence-electron chi connectivity index (χ1n) is 8.66. The van der Waals surface area contributed by atoms with Crippen LogP contribution < -0.4 is 10.9 Å². The highest BCUT2D eigenvalue weighted by atomic mass is 31.1. The molecular formula is C15H22N5O7P. The Hall–Kier alpha value is -2.11. The predicted molar refractivity (Wildman–Crippen MR) is 97.9 cm³/mol. The average molecular weight is 415 g/mol. The van der Waals surface area contributed by atoms with E-state index in [1.807, 2.05) is 0 Å². The molecule has 0 radical (unpaired) electrons. The van der Waals surface area contributed by atoms with E-state index in [0.29, 0.717) is 0 Å². The molecule has 3 heterocycles. The molecule has 154 valence electrons.